The lowest BCUT2D eigenvalue weighted by molar-refractivity contribution is 0.295. The fourth-order valence-corrected chi connectivity index (χ4v) is 2.10. The molecule has 0 aliphatic heterocycles. The Morgan fingerprint density at radius 1 is 1.47 bits per heavy atom. The van der Waals surface area contributed by atoms with Crippen LogP contribution in [0.1, 0.15) is 17.9 Å². The Kier molecular flexibility index (Phi) is 4.31. The van der Waals surface area contributed by atoms with Crippen molar-refractivity contribution in [1.29, 1.82) is 0 Å². The number of aliphatic hydroxyl groups excluding tert-OH is 1. The van der Waals surface area contributed by atoms with E-state index in [2.05, 4.69) is 4.72 Å². The van der Waals surface area contributed by atoms with Crippen molar-refractivity contribution in [1.82, 2.24) is 4.72 Å². The summed E-state index contributed by atoms with van der Waals surface area (Å²) in [6.07, 6.45) is 0.243. The quantitative estimate of drug-likeness (QED) is 0.745. The van der Waals surface area contributed by atoms with Crippen LogP contribution in [0.3, 0.4) is 0 Å². The van der Waals surface area contributed by atoms with Crippen LogP contribution >= 0.6 is 0 Å². The molecule has 0 fully saturated rings. The topological polar surface area (TPSA) is 79.5 Å². The van der Waals surface area contributed by atoms with E-state index < -0.39 is 10.0 Å². The Balaban J connectivity index is 2.42. The van der Waals surface area contributed by atoms with Crippen LogP contribution in [0.5, 0.6) is 0 Å². The van der Waals surface area contributed by atoms with Crippen molar-refractivity contribution >= 4 is 10.0 Å². The van der Waals surface area contributed by atoms with Gasteiger partial charge in [0, 0.05) is 6.61 Å². The van der Waals surface area contributed by atoms with Gasteiger partial charge in [-0.3, -0.25) is 0 Å². The first kappa shape index (κ1) is 12.2. The first-order valence-electron chi connectivity index (χ1n) is 4.67. The zero-order chi connectivity index (χ0) is 11.3. The Morgan fingerprint density at radius 3 is 2.73 bits per heavy atom. The summed E-state index contributed by atoms with van der Waals surface area (Å²) < 4.78 is 30.2. The van der Waals surface area contributed by atoms with E-state index in [9.17, 15) is 8.42 Å². The van der Waals surface area contributed by atoms with Crippen LogP contribution in [0.4, 0.5) is 0 Å². The smallest absolute Gasteiger partial charge is 0.212 e. The van der Waals surface area contributed by atoms with Gasteiger partial charge in [-0.1, -0.05) is 0 Å². The monoisotopic (exact) mass is 233 g/mol. The summed E-state index contributed by atoms with van der Waals surface area (Å²) in [6.45, 7) is 1.83. The van der Waals surface area contributed by atoms with Crippen molar-refractivity contribution in [2.75, 3.05) is 12.4 Å². The SMILES string of the molecule is Cc1ccc(CNS(=O)(=O)CCCO)o1. The lowest BCUT2D eigenvalue weighted by Crippen LogP contribution is -2.26. The lowest BCUT2D eigenvalue weighted by atomic mass is 10.4. The highest BCUT2D eigenvalue weighted by Crippen LogP contribution is 2.06. The third kappa shape index (κ3) is 4.46. The maximum atomic E-state index is 11.3. The van der Waals surface area contributed by atoms with Gasteiger partial charge in [0.1, 0.15) is 11.5 Å². The molecule has 1 aromatic rings. The Morgan fingerprint density at radius 2 is 2.20 bits per heavy atom. The van der Waals surface area contributed by atoms with E-state index in [0.717, 1.165) is 5.76 Å². The predicted octanol–water partition coefficient (Wildman–Crippen LogP) is 0.390. The van der Waals surface area contributed by atoms with Gasteiger partial charge in [0.25, 0.3) is 0 Å². The molecule has 0 saturated heterocycles. The minimum Gasteiger partial charge on any atom is -0.465 e. The summed E-state index contributed by atoms with van der Waals surface area (Å²) in [5.41, 5.74) is 0. The second-order valence-electron chi connectivity index (χ2n) is 3.23. The maximum absolute atomic E-state index is 11.3. The van der Waals surface area contributed by atoms with Gasteiger partial charge in [0.2, 0.25) is 10.0 Å². The fraction of sp³-hybridized carbons (Fsp3) is 0.556. The molecule has 0 aliphatic carbocycles. The van der Waals surface area contributed by atoms with E-state index in [0.29, 0.717) is 5.76 Å². The highest BCUT2D eigenvalue weighted by atomic mass is 32.2. The zero-order valence-electron chi connectivity index (χ0n) is 8.56. The van der Waals surface area contributed by atoms with Gasteiger partial charge in [-0.15, -0.1) is 0 Å². The first-order chi connectivity index (χ1) is 7.03. The number of hydrogen-bond acceptors (Lipinski definition) is 4. The largest absolute Gasteiger partial charge is 0.465 e. The molecule has 1 rings (SSSR count). The molecule has 0 aliphatic rings. The molecule has 86 valence electrons. The number of hydrogen-bond donors (Lipinski definition) is 2. The maximum Gasteiger partial charge on any atom is 0.212 e. The molecule has 1 heterocycles. The number of sulfonamides is 1. The molecular weight excluding hydrogens is 218 g/mol. The van der Waals surface area contributed by atoms with Crippen molar-refractivity contribution in [2.45, 2.75) is 19.9 Å². The van der Waals surface area contributed by atoms with E-state index in [1.54, 1.807) is 19.1 Å². The van der Waals surface area contributed by atoms with Gasteiger partial charge >= 0.3 is 0 Å². The van der Waals surface area contributed by atoms with Crippen molar-refractivity contribution in [2.24, 2.45) is 0 Å². The molecule has 6 heteroatoms. The number of furan rings is 1. The fourth-order valence-electron chi connectivity index (χ4n) is 1.09. The Labute approximate surface area is 89.2 Å². The average Bonchev–Trinajstić information content (AvgIpc) is 2.59. The highest BCUT2D eigenvalue weighted by Gasteiger charge is 2.10. The number of rotatable bonds is 6. The van der Waals surface area contributed by atoms with Gasteiger partial charge in [-0.05, 0) is 25.5 Å². The van der Waals surface area contributed by atoms with Crippen molar-refractivity contribution in [3.63, 3.8) is 0 Å². The van der Waals surface area contributed by atoms with Gasteiger partial charge in [0.05, 0.1) is 12.3 Å². The zero-order valence-corrected chi connectivity index (χ0v) is 9.38. The van der Waals surface area contributed by atoms with E-state index in [1.165, 1.54) is 0 Å². The summed E-state index contributed by atoms with van der Waals surface area (Å²) in [5.74, 6) is 1.27. The summed E-state index contributed by atoms with van der Waals surface area (Å²) in [4.78, 5) is 0. The molecule has 0 bridgehead atoms. The van der Waals surface area contributed by atoms with E-state index in [-0.39, 0.29) is 25.3 Å². The van der Waals surface area contributed by atoms with Crippen LogP contribution in [0, 0.1) is 6.92 Å². The normalized spacial score (nSPS) is 11.9. The van der Waals surface area contributed by atoms with Crippen LogP contribution in [0.2, 0.25) is 0 Å². The molecule has 15 heavy (non-hydrogen) atoms. The molecule has 0 spiro atoms. The molecule has 0 atom stereocenters. The average molecular weight is 233 g/mol. The van der Waals surface area contributed by atoms with E-state index in [1.807, 2.05) is 0 Å². The summed E-state index contributed by atoms with van der Waals surface area (Å²) in [7, 11) is -3.30. The van der Waals surface area contributed by atoms with E-state index >= 15 is 0 Å². The molecule has 5 nitrogen and oxygen atoms in total. The summed E-state index contributed by atoms with van der Waals surface area (Å²) >= 11 is 0. The van der Waals surface area contributed by atoms with Crippen molar-refractivity contribution in [3.05, 3.63) is 23.7 Å². The second-order valence-corrected chi connectivity index (χ2v) is 5.16. The third-order valence-electron chi connectivity index (χ3n) is 1.83. The molecule has 2 N–H and O–H groups in total. The van der Waals surface area contributed by atoms with Crippen LogP contribution in [0.25, 0.3) is 0 Å². The minimum absolute atomic E-state index is 0.0663. The van der Waals surface area contributed by atoms with Crippen LogP contribution in [0.15, 0.2) is 16.5 Å². The molecule has 0 unspecified atom stereocenters. The Hall–Kier alpha value is -0.850. The van der Waals surface area contributed by atoms with E-state index in [4.69, 9.17) is 9.52 Å². The van der Waals surface area contributed by atoms with Gasteiger partial charge in [0.15, 0.2) is 0 Å². The molecule has 0 aromatic carbocycles. The molecule has 0 amide bonds. The van der Waals surface area contributed by atoms with Gasteiger partial charge < -0.3 is 9.52 Å². The number of aryl methyl sites for hydroxylation is 1. The van der Waals surface area contributed by atoms with Crippen LogP contribution < -0.4 is 4.72 Å². The predicted molar refractivity (Wildman–Crippen MR) is 55.8 cm³/mol. The third-order valence-corrected chi connectivity index (χ3v) is 3.24. The standard InChI is InChI=1S/C9H15NO4S/c1-8-3-4-9(14-8)7-10-15(12,13)6-2-5-11/h3-4,10-11H,2,5-7H2,1H3. The molecule has 1 aromatic heterocycles. The van der Waals surface area contributed by atoms with Gasteiger partial charge in [-0.2, -0.15) is 0 Å². The van der Waals surface area contributed by atoms with Crippen molar-refractivity contribution in [3.8, 4) is 0 Å². The number of nitrogens with one attached hydrogen (secondary N) is 1. The second kappa shape index (κ2) is 5.29. The summed E-state index contributed by atoms with van der Waals surface area (Å²) in [6, 6.07) is 3.50. The van der Waals surface area contributed by atoms with Crippen molar-refractivity contribution < 1.29 is 17.9 Å². The first-order valence-corrected chi connectivity index (χ1v) is 6.32. The van der Waals surface area contributed by atoms with Gasteiger partial charge in [-0.25, -0.2) is 13.1 Å². The lowest BCUT2D eigenvalue weighted by Gasteiger charge is -2.03. The molecule has 0 saturated carbocycles. The summed E-state index contributed by atoms with van der Waals surface area (Å²) in [5, 5.41) is 8.51. The van der Waals surface area contributed by atoms with Crippen LogP contribution in [-0.4, -0.2) is 25.9 Å². The highest BCUT2D eigenvalue weighted by molar-refractivity contribution is 7.89. The molecule has 0 radical (unpaired) electrons. The molecular formula is C9H15NO4S. The minimum atomic E-state index is -3.30. The van der Waals surface area contributed by atoms with Crippen LogP contribution in [-0.2, 0) is 16.6 Å². The Bertz CT molecular complexity index is 396. The number of aliphatic hydroxyl groups is 1.